The van der Waals surface area contributed by atoms with Crippen molar-refractivity contribution < 1.29 is 22.4 Å². The molecule has 0 N–H and O–H groups in total. The lowest BCUT2D eigenvalue weighted by Crippen LogP contribution is -2.57. The summed E-state index contributed by atoms with van der Waals surface area (Å²) in [5.74, 6) is -4.80. The lowest BCUT2D eigenvalue weighted by atomic mass is 10.1. The van der Waals surface area contributed by atoms with Crippen LogP contribution in [0.4, 0.5) is 23.4 Å². The normalized spacial score (nSPS) is 28.2. The first-order valence-corrected chi connectivity index (χ1v) is 10.9. The molecule has 2 bridgehead atoms. The van der Waals surface area contributed by atoms with Crippen molar-refractivity contribution in [3.05, 3.63) is 31.0 Å². The monoisotopic (exact) mass is 463 g/mol. The van der Waals surface area contributed by atoms with Gasteiger partial charge in [0, 0.05) is 54.6 Å². The van der Waals surface area contributed by atoms with Gasteiger partial charge in [-0.25, -0.2) is 23.0 Å². The predicted molar refractivity (Wildman–Crippen MR) is 109 cm³/mol. The molecule has 0 aromatic carbocycles. The van der Waals surface area contributed by atoms with Crippen LogP contribution in [-0.2, 0) is 4.79 Å². The van der Waals surface area contributed by atoms with Crippen LogP contribution >= 0.6 is 0 Å². The number of halogens is 4. The minimum absolute atomic E-state index is 0.145. The zero-order chi connectivity index (χ0) is 23.1. The topological polar surface area (TPSA) is 71.6 Å². The van der Waals surface area contributed by atoms with Crippen LogP contribution in [0.25, 0.3) is 16.6 Å². The van der Waals surface area contributed by atoms with Crippen molar-refractivity contribution >= 4 is 17.2 Å². The van der Waals surface area contributed by atoms with Gasteiger partial charge in [-0.05, 0) is 18.9 Å². The molecule has 0 radical (unpaired) electrons. The molecule has 5 heterocycles. The van der Waals surface area contributed by atoms with Gasteiger partial charge in [-0.1, -0.05) is 6.92 Å². The second-order valence-electron chi connectivity index (χ2n) is 9.11. The van der Waals surface area contributed by atoms with Gasteiger partial charge in [0.1, 0.15) is 17.8 Å². The molecule has 174 valence electrons. The van der Waals surface area contributed by atoms with Gasteiger partial charge in [-0.15, -0.1) is 0 Å². The summed E-state index contributed by atoms with van der Waals surface area (Å²) in [7, 11) is 0. The van der Waals surface area contributed by atoms with E-state index in [1.165, 1.54) is 25.6 Å². The Morgan fingerprint density at radius 3 is 2.42 bits per heavy atom. The average Bonchev–Trinajstić information content (AvgIpc) is 3.28. The number of nitrogens with zero attached hydrogens (tertiary/aromatic N) is 7. The first-order chi connectivity index (χ1) is 15.8. The second kappa shape index (κ2) is 6.91. The fourth-order valence-electron chi connectivity index (χ4n) is 5.37. The van der Waals surface area contributed by atoms with Gasteiger partial charge in [0.2, 0.25) is 5.91 Å². The van der Waals surface area contributed by atoms with Crippen molar-refractivity contribution in [2.45, 2.75) is 44.3 Å². The molecule has 3 aliphatic rings. The van der Waals surface area contributed by atoms with Gasteiger partial charge < -0.3 is 9.80 Å². The molecule has 8 nitrogen and oxygen atoms in total. The Hall–Kier alpha value is -3.18. The lowest BCUT2D eigenvalue weighted by molar-refractivity contribution is -0.138. The Balaban J connectivity index is 1.27. The molecule has 2 saturated heterocycles. The average molecular weight is 463 g/mol. The van der Waals surface area contributed by atoms with Crippen LogP contribution in [0.1, 0.15) is 26.3 Å². The number of anilines is 1. The molecule has 4 atom stereocenters. The van der Waals surface area contributed by atoms with Gasteiger partial charge in [-0.2, -0.15) is 19.0 Å². The molecule has 2 aliphatic heterocycles. The van der Waals surface area contributed by atoms with E-state index in [1.54, 1.807) is 15.6 Å². The molecule has 1 aliphatic carbocycles. The number of hydrogen-bond acceptors (Lipinski definition) is 5. The van der Waals surface area contributed by atoms with Gasteiger partial charge in [0.15, 0.2) is 5.82 Å². The van der Waals surface area contributed by atoms with E-state index in [1.807, 2.05) is 6.07 Å². The number of carbonyl (C=O) groups excluding carboxylic acids is 1. The Kier molecular flexibility index (Phi) is 4.28. The number of rotatable bonds is 4. The van der Waals surface area contributed by atoms with Crippen molar-refractivity contribution in [1.82, 2.24) is 29.3 Å². The highest BCUT2D eigenvalue weighted by Gasteiger charge is 2.70. The molecule has 3 aromatic rings. The fourth-order valence-corrected chi connectivity index (χ4v) is 5.37. The number of aromatic nitrogens is 5. The first-order valence-electron chi connectivity index (χ1n) is 10.9. The number of fused-ring (bicyclic) bond motifs is 3. The standard InChI is InChI=1S/C21H21F4N7O/c1-11-17(21(11,24)25)19(33)32-14-2-3-15(32)9-29(8-14)18-16-4-12(6-30(16)28-10-26-18)13-5-27-31(7-13)20(22)23/h4-7,10-11,14-15,17,20H,2-3,8-9H2,1H3. The SMILES string of the molecule is CC1C(C(=O)N2C3CCC2CN(c2ncnn4cc(-c5cnn(C(F)F)c5)cc24)C3)C1(F)F. The first kappa shape index (κ1) is 20.4. The summed E-state index contributed by atoms with van der Waals surface area (Å²) in [6.45, 7) is -0.316. The lowest BCUT2D eigenvalue weighted by Gasteiger charge is -2.41. The van der Waals surface area contributed by atoms with Crippen LogP contribution in [0.2, 0.25) is 0 Å². The highest BCUT2D eigenvalue weighted by molar-refractivity contribution is 5.85. The predicted octanol–water partition coefficient (Wildman–Crippen LogP) is 3.07. The zero-order valence-corrected chi connectivity index (χ0v) is 17.7. The van der Waals surface area contributed by atoms with E-state index in [4.69, 9.17) is 0 Å². The summed E-state index contributed by atoms with van der Waals surface area (Å²) in [6.07, 6.45) is 7.30. The van der Waals surface area contributed by atoms with Crippen LogP contribution in [-0.4, -0.2) is 66.3 Å². The van der Waals surface area contributed by atoms with E-state index < -0.39 is 30.2 Å². The maximum Gasteiger partial charge on any atom is 0.333 e. The van der Waals surface area contributed by atoms with E-state index in [0.29, 0.717) is 40.2 Å². The van der Waals surface area contributed by atoms with Gasteiger partial charge in [-0.3, -0.25) is 4.79 Å². The van der Waals surface area contributed by atoms with Crippen molar-refractivity contribution in [1.29, 1.82) is 0 Å². The number of amides is 1. The van der Waals surface area contributed by atoms with Crippen molar-refractivity contribution in [2.75, 3.05) is 18.0 Å². The van der Waals surface area contributed by atoms with E-state index >= 15 is 0 Å². The molecule has 0 spiro atoms. The summed E-state index contributed by atoms with van der Waals surface area (Å²) in [6, 6.07) is 1.52. The van der Waals surface area contributed by atoms with E-state index in [-0.39, 0.29) is 12.1 Å². The van der Waals surface area contributed by atoms with Crippen molar-refractivity contribution in [3.8, 4) is 11.1 Å². The molecule has 4 unspecified atom stereocenters. The third-order valence-corrected chi connectivity index (χ3v) is 7.24. The zero-order valence-electron chi connectivity index (χ0n) is 17.7. The Morgan fingerprint density at radius 2 is 1.82 bits per heavy atom. The maximum absolute atomic E-state index is 13.8. The van der Waals surface area contributed by atoms with Gasteiger partial charge >= 0.3 is 6.55 Å². The molecular weight excluding hydrogens is 442 g/mol. The quantitative estimate of drug-likeness (QED) is 0.557. The Bertz CT molecular complexity index is 1230. The fraction of sp³-hybridized carbons (Fsp3) is 0.524. The van der Waals surface area contributed by atoms with Gasteiger partial charge in [0.05, 0.1) is 6.20 Å². The van der Waals surface area contributed by atoms with Crippen molar-refractivity contribution in [2.24, 2.45) is 11.8 Å². The number of piperazine rings is 1. The molecule has 1 saturated carbocycles. The summed E-state index contributed by atoms with van der Waals surface area (Å²) in [5, 5.41) is 7.92. The number of carbonyl (C=O) groups is 1. The molecule has 6 rings (SSSR count). The number of hydrogen-bond donors (Lipinski definition) is 0. The van der Waals surface area contributed by atoms with Crippen LogP contribution in [0, 0.1) is 11.8 Å². The number of alkyl halides is 4. The maximum atomic E-state index is 13.8. The summed E-state index contributed by atoms with van der Waals surface area (Å²) < 4.78 is 55.7. The molecule has 3 fully saturated rings. The molecule has 3 aromatic heterocycles. The van der Waals surface area contributed by atoms with Crippen LogP contribution in [0.15, 0.2) is 31.0 Å². The Morgan fingerprint density at radius 1 is 1.12 bits per heavy atom. The third kappa shape index (κ3) is 3.02. The van der Waals surface area contributed by atoms with Gasteiger partial charge in [0.25, 0.3) is 5.92 Å². The highest BCUT2D eigenvalue weighted by atomic mass is 19.3. The van der Waals surface area contributed by atoms with Crippen LogP contribution in [0.3, 0.4) is 0 Å². The highest BCUT2D eigenvalue weighted by Crippen LogP contribution is 2.56. The third-order valence-electron chi connectivity index (χ3n) is 7.24. The molecule has 1 amide bonds. The van der Waals surface area contributed by atoms with E-state index in [0.717, 1.165) is 12.8 Å². The molecule has 33 heavy (non-hydrogen) atoms. The van der Waals surface area contributed by atoms with E-state index in [2.05, 4.69) is 20.1 Å². The van der Waals surface area contributed by atoms with Crippen molar-refractivity contribution in [3.63, 3.8) is 0 Å². The smallest absolute Gasteiger partial charge is 0.333 e. The van der Waals surface area contributed by atoms with Crippen LogP contribution in [0.5, 0.6) is 0 Å². The summed E-state index contributed by atoms with van der Waals surface area (Å²) >= 11 is 0. The van der Waals surface area contributed by atoms with Crippen LogP contribution < -0.4 is 4.90 Å². The minimum atomic E-state index is -2.91. The largest absolute Gasteiger partial charge is 0.351 e. The molecular formula is C21H21F4N7O. The summed E-state index contributed by atoms with van der Waals surface area (Å²) in [4.78, 5) is 21.0. The molecule has 12 heteroatoms. The second-order valence-corrected chi connectivity index (χ2v) is 9.11. The Labute approximate surface area is 185 Å². The minimum Gasteiger partial charge on any atom is -0.351 e. The van der Waals surface area contributed by atoms with E-state index in [9.17, 15) is 22.4 Å². The summed E-state index contributed by atoms with van der Waals surface area (Å²) in [5.41, 5.74) is 1.89.